The fourth-order valence-electron chi connectivity index (χ4n) is 9.77. The van der Waals surface area contributed by atoms with E-state index >= 15 is 0 Å². The van der Waals surface area contributed by atoms with Crippen molar-refractivity contribution in [3.63, 3.8) is 0 Å². The first kappa shape index (κ1) is 74.8. The van der Waals surface area contributed by atoms with Gasteiger partial charge >= 0.3 is 0 Å². The summed E-state index contributed by atoms with van der Waals surface area (Å²) in [5.41, 5.74) is 8.47. The molecule has 3 aliphatic heterocycles. The number of aldehydes is 1. The SMILES string of the molecule is C.Cc1cc(N2CCN(C(=O)CCl)CC2)ccc1Cl.Cc1cc(N2CCN(C(=O)Cn3cc4c(Cl)ncnc4n3)CC2)ccc1Cl.Cc1cc(N2CCN(C(=O)Cn3ncc4c(Cl)ncnc43)CC2)ccc1Cl.Clc1ncnc2[nH]ncc12.NN.O=Cc1c(Cl)ncnc1Cl. The molecule has 0 saturated carbocycles. The Kier molecular flexibility index (Phi) is 28.3. The number of rotatable bonds is 9. The number of halogens is 9. The lowest BCUT2D eigenvalue weighted by Gasteiger charge is -2.36. The van der Waals surface area contributed by atoms with E-state index < -0.39 is 0 Å². The van der Waals surface area contributed by atoms with Gasteiger partial charge in [0.1, 0.15) is 70.0 Å². The number of hydrogen-bond acceptors (Lipinski definition) is 20. The van der Waals surface area contributed by atoms with Gasteiger partial charge in [0.25, 0.3) is 0 Å². The van der Waals surface area contributed by atoms with Gasteiger partial charge in [-0.3, -0.25) is 40.6 Å². The van der Waals surface area contributed by atoms with Gasteiger partial charge < -0.3 is 29.4 Å². The minimum absolute atomic E-state index is 0. The van der Waals surface area contributed by atoms with Gasteiger partial charge in [-0.15, -0.1) is 11.6 Å². The number of amides is 3. The average Bonchev–Trinajstić information content (AvgIpc) is 2.01. The number of benzene rings is 3. The first-order valence-electron chi connectivity index (χ1n) is 28.6. The van der Waals surface area contributed by atoms with Crippen molar-refractivity contribution in [3.8, 4) is 0 Å². The Morgan fingerprint density at radius 2 is 0.916 bits per heavy atom. The molecule has 95 heavy (non-hydrogen) atoms. The first-order valence-corrected chi connectivity index (χ1v) is 32.2. The Morgan fingerprint density at radius 1 is 0.505 bits per heavy atom. The van der Waals surface area contributed by atoms with E-state index in [1.54, 1.807) is 28.0 Å². The fraction of sp³-hybridized carbons (Fsp3) is 0.317. The van der Waals surface area contributed by atoms with Crippen LogP contribution in [0.15, 0.2) is 98.5 Å². The van der Waals surface area contributed by atoms with Gasteiger partial charge in [-0.1, -0.05) is 100 Å². The number of aryl methyl sites for hydroxylation is 3. The van der Waals surface area contributed by atoms with E-state index in [2.05, 4.69) is 105 Å². The maximum absolute atomic E-state index is 12.7. The highest BCUT2D eigenvalue weighted by Gasteiger charge is 2.26. The molecule has 13 rings (SSSR count). The number of nitrogens with one attached hydrogen (secondary N) is 1. The molecule has 3 saturated heterocycles. The average molecular weight is 1480 g/mol. The van der Waals surface area contributed by atoms with Crippen LogP contribution in [0, 0.1) is 20.8 Å². The van der Waals surface area contributed by atoms with Crippen molar-refractivity contribution >= 4 is 179 Å². The zero-order chi connectivity index (χ0) is 67.6. The molecule has 10 aromatic rings. The summed E-state index contributed by atoms with van der Waals surface area (Å²) in [4.78, 5) is 90.2. The quantitative estimate of drug-likeness (QED) is 0.0398. The molecule has 0 radical (unpaired) electrons. The second-order valence-electron chi connectivity index (χ2n) is 20.8. The van der Waals surface area contributed by atoms with Crippen molar-refractivity contribution in [2.45, 2.75) is 41.3 Å². The summed E-state index contributed by atoms with van der Waals surface area (Å²) >= 11 is 52.5. The highest BCUT2D eigenvalue weighted by Crippen LogP contribution is 2.28. The summed E-state index contributed by atoms with van der Waals surface area (Å²) in [6, 6.07) is 18.1. The van der Waals surface area contributed by atoms with E-state index in [1.807, 2.05) is 71.9 Å². The maximum Gasteiger partial charge on any atom is 0.244 e. The van der Waals surface area contributed by atoms with Gasteiger partial charge in [-0.05, 0) is 92.1 Å². The van der Waals surface area contributed by atoms with Crippen LogP contribution < -0.4 is 26.4 Å². The predicted molar refractivity (Wildman–Crippen MR) is 376 cm³/mol. The third-order valence-corrected chi connectivity index (χ3v) is 17.9. The van der Waals surface area contributed by atoms with Crippen LogP contribution in [0.3, 0.4) is 0 Å². The second kappa shape index (κ2) is 35.9. The van der Waals surface area contributed by atoms with Gasteiger partial charge in [0.15, 0.2) is 23.2 Å². The Hall–Kier alpha value is -7.60. The van der Waals surface area contributed by atoms with Crippen LogP contribution in [0.4, 0.5) is 17.1 Å². The molecule has 502 valence electrons. The van der Waals surface area contributed by atoms with E-state index in [9.17, 15) is 19.2 Å². The molecule has 3 aromatic carbocycles. The van der Waals surface area contributed by atoms with Gasteiger partial charge in [0.2, 0.25) is 17.7 Å². The van der Waals surface area contributed by atoms with Crippen LogP contribution >= 0.6 is 104 Å². The standard InChI is InChI=1S/2C18H18Cl2N6O.C13H16Cl2N2O.C5H2Cl2N2O.C5H3ClN4.CH4.H4N2/c1-12-8-13(2-3-15(12)19)24-4-6-25(7-5-24)16(27)10-26-9-14-17(20)21-11-22-18(14)23-26;1-12-8-13(2-3-15(12)19)24-4-6-25(7-5-24)16(27)10-26-18-14(9-23-26)17(20)21-11-22-18;1-10-8-11(2-3-12(10)15)16-4-6-17(7-5-16)13(18)9-14;6-4-3(1-10)5(7)9-2-8-4;6-4-3-1-9-10-5(3)8-2-7-4;;1-2/h2*2-3,8-9,11H,4-7,10H2,1H3;2-3,8H,4-7,9H2,1H3;1-2H;1-2H,(H,7,8,9,10);1H4;1-2H2. The monoisotopic (exact) mass is 1470 g/mol. The maximum atomic E-state index is 12.7. The van der Waals surface area contributed by atoms with E-state index in [4.69, 9.17) is 104 Å². The van der Waals surface area contributed by atoms with Crippen molar-refractivity contribution in [2.75, 3.05) is 99.1 Å². The van der Waals surface area contributed by atoms with Crippen LogP contribution in [0.5, 0.6) is 0 Å². The van der Waals surface area contributed by atoms with E-state index in [-0.39, 0.29) is 60.0 Å². The number of alkyl halides is 1. The van der Waals surface area contributed by atoms with Crippen LogP contribution in [0.1, 0.15) is 34.5 Å². The van der Waals surface area contributed by atoms with E-state index in [0.29, 0.717) is 75.6 Å². The van der Waals surface area contributed by atoms with Gasteiger partial charge in [-0.25, -0.2) is 44.6 Å². The molecule has 0 bridgehead atoms. The number of fused-ring (bicyclic) bond motifs is 3. The van der Waals surface area contributed by atoms with Crippen molar-refractivity contribution < 1.29 is 19.2 Å². The Balaban J connectivity index is 0.000000175. The smallest absolute Gasteiger partial charge is 0.244 e. The van der Waals surface area contributed by atoms with Crippen LogP contribution in [0.25, 0.3) is 33.1 Å². The zero-order valence-electron chi connectivity index (χ0n) is 50.6. The number of hydrogen-bond donors (Lipinski definition) is 3. The minimum Gasteiger partial charge on any atom is -0.368 e. The molecule has 7 aromatic heterocycles. The summed E-state index contributed by atoms with van der Waals surface area (Å²) in [5, 5.41) is 20.6. The number of nitrogens with two attached hydrogens (primary N) is 2. The molecule has 5 N–H and O–H groups in total. The molecule has 0 unspecified atom stereocenters. The van der Waals surface area contributed by atoms with Crippen molar-refractivity contribution in [2.24, 2.45) is 11.7 Å². The third-order valence-electron chi connectivity index (χ3n) is 14.9. The van der Waals surface area contributed by atoms with Gasteiger partial charge in [-0.2, -0.15) is 15.3 Å². The summed E-state index contributed by atoms with van der Waals surface area (Å²) in [6.45, 7) is 15.2. The topological polar surface area (TPSA) is 307 Å². The normalized spacial score (nSPS) is 13.6. The molecule has 3 aliphatic rings. The molecule has 3 amide bonds. The first-order chi connectivity index (χ1) is 45.3. The molecular formula is C60H65Cl9N22O4. The minimum atomic E-state index is 0. The molecule has 0 atom stereocenters. The fourth-order valence-corrected chi connectivity index (χ4v) is 11.2. The van der Waals surface area contributed by atoms with Crippen LogP contribution in [0.2, 0.25) is 40.8 Å². The van der Waals surface area contributed by atoms with Gasteiger partial charge in [0, 0.05) is 117 Å². The Morgan fingerprint density at radius 3 is 1.35 bits per heavy atom. The van der Waals surface area contributed by atoms with E-state index in [0.717, 1.165) is 107 Å². The molecule has 0 aliphatic carbocycles. The summed E-state index contributed by atoms with van der Waals surface area (Å²) < 4.78 is 3.14. The Labute approximate surface area is 591 Å². The molecule has 26 nitrogen and oxygen atoms in total. The largest absolute Gasteiger partial charge is 0.368 e. The predicted octanol–water partition coefficient (Wildman–Crippen LogP) is 10.2. The lowest BCUT2D eigenvalue weighted by Crippen LogP contribution is -2.49. The third kappa shape index (κ3) is 19.8. The highest BCUT2D eigenvalue weighted by atomic mass is 35.5. The van der Waals surface area contributed by atoms with Crippen LogP contribution in [-0.4, -0.2) is 193 Å². The number of aromatic amines is 1. The number of nitrogens with zero attached hydrogens (tertiary/aromatic N) is 19. The Bertz CT molecular complexity index is 4200. The molecule has 3 fully saturated rings. The highest BCUT2D eigenvalue weighted by molar-refractivity contribution is 6.37. The lowest BCUT2D eigenvalue weighted by atomic mass is 10.2. The molecule has 10 heterocycles. The van der Waals surface area contributed by atoms with Crippen molar-refractivity contribution in [1.82, 2.24) is 84.3 Å². The van der Waals surface area contributed by atoms with Crippen LogP contribution in [-0.2, 0) is 27.5 Å². The zero-order valence-corrected chi connectivity index (χ0v) is 57.4. The molecule has 35 heteroatoms. The number of hydrazine groups is 1. The number of carbonyl (C=O) groups is 4. The number of aromatic nitrogens is 14. The summed E-state index contributed by atoms with van der Waals surface area (Å²) in [7, 11) is 0. The summed E-state index contributed by atoms with van der Waals surface area (Å²) in [5.74, 6) is 8.13. The number of H-pyrrole nitrogens is 1. The number of anilines is 3. The molecule has 0 spiro atoms. The van der Waals surface area contributed by atoms with Crippen molar-refractivity contribution in [3.05, 3.63) is 162 Å². The van der Waals surface area contributed by atoms with Gasteiger partial charge in [0.05, 0.1) is 34.1 Å². The lowest BCUT2D eigenvalue weighted by molar-refractivity contribution is -0.133. The number of carbonyl (C=O) groups excluding carboxylic acids is 4. The number of piperazine rings is 3. The van der Waals surface area contributed by atoms with Crippen molar-refractivity contribution in [1.29, 1.82) is 0 Å². The van der Waals surface area contributed by atoms with E-state index in [1.165, 1.54) is 25.3 Å². The second-order valence-corrected chi connectivity index (χ2v) is 24.0. The summed E-state index contributed by atoms with van der Waals surface area (Å²) in [6.07, 6.45) is 10.7. The molecular weight excluding hydrogens is 1410 g/mol.